The van der Waals surface area contributed by atoms with Crippen LogP contribution in [0.25, 0.3) is 5.57 Å². The molecule has 0 amide bonds. The number of nitrogen functional groups attached to an aromatic ring is 1. The SMILES string of the molecule is CCOC(=O)/C(=C(/C)N)c1nc(N)c([N+](=O)[O-])nc1Cl. The molecule has 0 aliphatic heterocycles. The largest absolute Gasteiger partial charge is 0.462 e. The predicted octanol–water partition coefficient (Wildman–Crippen LogP) is 0.873. The van der Waals surface area contributed by atoms with Crippen LogP contribution in [0.4, 0.5) is 11.6 Å². The first-order chi connectivity index (χ1) is 9.29. The lowest BCUT2D eigenvalue weighted by atomic mass is 10.1. The normalized spacial score (nSPS) is 11.8. The second-order valence-corrected chi connectivity index (χ2v) is 3.97. The van der Waals surface area contributed by atoms with Gasteiger partial charge in [-0.15, -0.1) is 0 Å². The van der Waals surface area contributed by atoms with Crippen molar-refractivity contribution in [3.63, 3.8) is 0 Å². The van der Waals surface area contributed by atoms with E-state index in [9.17, 15) is 14.9 Å². The van der Waals surface area contributed by atoms with Crippen molar-refractivity contribution in [1.82, 2.24) is 9.97 Å². The fourth-order valence-electron chi connectivity index (χ4n) is 1.36. The molecule has 0 atom stereocenters. The summed E-state index contributed by atoms with van der Waals surface area (Å²) in [6, 6.07) is 0. The Morgan fingerprint density at radius 1 is 1.50 bits per heavy atom. The molecule has 0 aliphatic carbocycles. The van der Waals surface area contributed by atoms with E-state index in [1.54, 1.807) is 6.92 Å². The zero-order valence-corrected chi connectivity index (χ0v) is 11.5. The van der Waals surface area contributed by atoms with Crippen LogP contribution in [0.5, 0.6) is 0 Å². The lowest BCUT2D eigenvalue weighted by Gasteiger charge is -2.08. The molecule has 0 fully saturated rings. The number of carbonyl (C=O) groups excluding carboxylic acids is 1. The van der Waals surface area contributed by atoms with Gasteiger partial charge in [-0.2, -0.15) is 0 Å². The first-order valence-electron chi connectivity index (χ1n) is 5.40. The highest BCUT2D eigenvalue weighted by atomic mass is 35.5. The summed E-state index contributed by atoms with van der Waals surface area (Å²) in [5.41, 5.74) is 10.8. The maximum absolute atomic E-state index is 11.8. The molecule has 1 aromatic heterocycles. The molecular formula is C10H12ClN5O4. The monoisotopic (exact) mass is 301 g/mol. The third-order valence-electron chi connectivity index (χ3n) is 2.14. The van der Waals surface area contributed by atoms with Gasteiger partial charge in [0.05, 0.1) is 6.61 Å². The van der Waals surface area contributed by atoms with Gasteiger partial charge in [0.15, 0.2) is 0 Å². The number of nitrogens with two attached hydrogens (primary N) is 2. The Morgan fingerprint density at radius 2 is 2.10 bits per heavy atom. The molecule has 0 aliphatic rings. The van der Waals surface area contributed by atoms with Crippen molar-refractivity contribution in [1.29, 1.82) is 0 Å². The summed E-state index contributed by atoms with van der Waals surface area (Å²) in [4.78, 5) is 28.9. The standard InChI is InChI=1S/C10H12ClN5O4/c1-3-20-10(17)5(4(2)12)6-7(11)15-9(16(18)19)8(13)14-6/h3,12H2,1-2H3,(H2,13,14)/b5-4-. The summed E-state index contributed by atoms with van der Waals surface area (Å²) < 4.78 is 4.81. The van der Waals surface area contributed by atoms with Crippen LogP contribution in [0.3, 0.4) is 0 Å². The number of nitrogens with zero attached hydrogens (tertiary/aromatic N) is 3. The van der Waals surface area contributed by atoms with Crippen molar-refractivity contribution in [3.8, 4) is 0 Å². The number of hydrogen-bond donors (Lipinski definition) is 2. The highest BCUT2D eigenvalue weighted by molar-refractivity contribution is 6.33. The first kappa shape index (κ1) is 15.6. The minimum absolute atomic E-state index is 0.0768. The average molecular weight is 302 g/mol. The number of ether oxygens (including phenoxy) is 1. The Hall–Kier alpha value is -2.42. The van der Waals surface area contributed by atoms with Gasteiger partial charge >= 0.3 is 11.8 Å². The number of rotatable bonds is 4. The van der Waals surface area contributed by atoms with E-state index in [2.05, 4.69) is 9.97 Å². The predicted molar refractivity (Wildman–Crippen MR) is 71.5 cm³/mol. The number of hydrogen-bond acceptors (Lipinski definition) is 8. The van der Waals surface area contributed by atoms with Crippen LogP contribution in [-0.2, 0) is 9.53 Å². The number of nitro groups is 1. The van der Waals surface area contributed by atoms with E-state index < -0.39 is 22.5 Å². The zero-order valence-electron chi connectivity index (χ0n) is 10.7. The summed E-state index contributed by atoms with van der Waals surface area (Å²) in [5, 5.41) is 10.3. The Labute approximate surface area is 118 Å². The van der Waals surface area contributed by atoms with Crippen molar-refractivity contribution in [2.24, 2.45) is 5.73 Å². The molecule has 0 radical (unpaired) electrons. The fraction of sp³-hybridized carbons (Fsp3) is 0.300. The Morgan fingerprint density at radius 3 is 2.55 bits per heavy atom. The maximum Gasteiger partial charge on any atom is 0.407 e. The van der Waals surface area contributed by atoms with Crippen molar-refractivity contribution >= 4 is 34.8 Å². The van der Waals surface area contributed by atoms with Crippen LogP contribution in [0, 0.1) is 10.1 Å². The van der Waals surface area contributed by atoms with Crippen LogP contribution in [0.2, 0.25) is 5.15 Å². The van der Waals surface area contributed by atoms with E-state index in [-0.39, 0.29) is 28.7 Å². The lowest BCUT2D eigenvalue weighted by Crippen LogP contribution is -2.15. The zero-order chi connectivity index (χ0) is 15.4. The van der Waals surface area contributed by atoms with Gasteiger partial charge < -0.3 is 26.3 Å². The quantitative estimate of drug-likeness (QED) is 0.360. The van der Waals surface area contributed by atoms with Gasteiger partial charge in [-0.1, -0.05) is 0 Å². The molecular weight excluding hydrogens is 290 g/mol. The minimum Gasteiger partial charge on any atom is -0.462 e. The van der Waals surface area contributed by atoms with Gasteiger partial charge in [-0.05, 0) is 35.4 Å². The van der Waals surface area contributed by atoms with E-state index in [0.717, 1.165) is 0 Å². The summed E-state index contributed by atoms with van der Waals surface area (Å²) in [5.74, 6) is -1.94. The molecule has 1 aromatic rings. The second-order valence-electron chi connectivity index (χ2n) is 3.61. The highest BCUT2D eigenvalue weighted by Crippen LogP contribution is 2.28. The number of allylic oxidation sites excluding steroid dienone is 1. The minimum atomic E-state index is -0.832. The molecule has 1 heterocycles. The molecule has 0 aromatic carbocycles. The van der Waals surface area contributed by atoms with E-state index >= 15 is 0 Å². The molecule has 9 nitrogen and oxygen atoms in total. The molecule has 0 bridgehead atoms. The van der Waals surface area contributed by atoms with Gasteiger partial charge in [0.1, 0.15) is 11.3 Å². The summed E-state index contributed by atoms with van der Waals surface area (Å²) in [6.07, 6.45) is 0. The molecule has 0 saturated heterocycles. The van der Waals surface area contributed by atoms with Crippen LogP contribution in [-0.4, -0.2) is 27.5 Å². The van der Waals surface area contributed by atoms with Gasteiger partial charge in [-0.25, -0.2) is 9.78 Å². The highest BCUT2D eigenvalue weighted by Gasteiger charge is 2.27. The van der Waals surface area contributed by atoms with Crippen LogP contribution >= 0.6 is 11.6 Å². The second kappa shape index (κ2) is 6.15. The molecule has 0 saturated carbocycles. The van der Waals surface area contributed by atoms with E-state index in [1.807, 2.05) is 0 Å². The molecule has 0 unspecified atom stereocenters. The van der Waals surface area contributed by atoms with Crippen LogP contribution in [0.1, 0.15) is 19.5 Å². The number of esters is 1. The Bertz CT molecular complexity index is 598. The molecule has 108 valence electrons. The molecule has 0 spiro atoms. The van der Waals surface area contributed by atoms with Crippen LogP contribution in [0.15, 0.2) is 5.70 Å². The molecule has 4 N–H and O–H groups in total. The average Bonchev–Trinajstić information content (AvgIpc) is 2.32. The maximum atomic E-state index is 11.8. The van der Waals surface area contributed by atoms with E-state index in [1.165, 1.54) is 6.92 Å². The van der Waals surface area contributed by atoms with E-state index in [4.69, 9.17) is 27.8 Å². The van der Waals surface area contributed by atoms with Gasteiger partial charge in [0, 0.05) is 5.70 Å². The van der Waals surface area contributed by atoms with Crippen molar-refractivity contribution in [2.45, 2.75) is 13.8 Å². The Kier molecular flexibility index (Phi) is 4.81. The summed E-state index contributed by atoms with van der Waals surface area (Å²) in [6.45, 7) is 3.16. The van der Waals surface area contributed by atoms with Crippen molar-refractivity contribution in [2.75, 3.05) is 12.3 Å². The van der Waals surface area contributed by atoms with Gasteiger partial charge in [0.2, 0.25) is 5.82 Å². The van der Waals surface area contributed by atoms with Crippen molar-refractivity contribution in [3.05, 3.63) is 26.7 Å². The summed E-state index contributed by atoms with van der Waals surface area (Å²) >= 11 is 5.80. The van der Waals surface area contributed by atoms with E-state index in [0.29, 0.717) is 0 Å². The molecule has 1 rings (SSSR count). The third-order valence-corrected chi connectivity index (χ3v) is 2.41. The number of carbonyl (C=O) groups is 1. The summed E-state index contributed by atoms with van der Waals surface area (Å²) in [7, 11) is 0. The Balaban J connectivity index is 3.45. The van der Waals surface area contributed by atoms with Gasteiger partial charge in [0.25, 0.3) is 5.15 Å². The third kappa shape index (κ3) is 3.12. The molecule has 20 heavy (non-hydrogen) atoms. The topological polar surface area (TPSA) is 147 Å². The van der Waals surface area contributed by atoms with Crippen LogP contribution < -0.4 is 11.5 Å². The van der Waals surface area contributed by atoms with Crippen molar-refractivity contribution < 1.29 is 14.5 Å². The number of aromatic nitrogens is 2. The first-order valence-corrected chi connectivity index (χ1v) is 5.78. The number of halogens is 1. The smallest absolute Gasteiger partial charge is 0.407 e. The van der Waals surface area contributed by atoms with Gasteiger partial charge in [-0.3, -0.25) is 0 Å². The lowest BCUT2D eigenvalue weighted by molar-refractivity contribution is -0.388. The number of anilines is 1. The molecule has 10 heteroatoms. The fourth-order valence-corrected chi connectivity index (χ4v) is 1.58.